The first kappa shape index (κ1) is 13.8. The van der Waals surface area contributed by atoms with E-state index in [2.05, 4.69) is 17.1 Å². The number of carbonyl (C=O) groups is 1. The molecule has 5 heteroatoms. The summed E-state index contributed by atoms with van der Waals surface area (Å²) in [6.07, 6.45) is 0. The summed E-state index contributed by atoms with van der Waals surface area (Å²) in [7, 11) is 0. The summed E-state index contributed by atoms with van der Waals surface area (Å²) in [6, 6.07) is 7.16. The quantitative estimate of drug-likeness (QED) is 0.844. The lowest BCUT2D eigenvalue weighted by Gasteiger charge is -2.29. The molecule has 1 aliphatic heterocycles. The number of rotatable bonds is 5. The Morgan fingerprint density at radius 3 is 2.58 bits per heavy atom. The Kier molecular flexibility index (Phi) is 4.76. The second-order valence-corrected chi connectivity index (χ2v) is 4.84. The number of nitrogens with zero attached hydrogens (tertiary/aromatic N) is 1. The predicted octanol–water partition coefficient (Wildman–Crippen LogP) is 1.52. The van der Waals surface area contributed by atoms with Crippen LogP contribution in [0.4, 0.5) is 5.69 Å². The van der Waals surface area contributed by atoms with Crippen LogP contribution in [0.1, 0.15) is 17.3 Å². The second kappa shape index (κ2) is 6.54. The molecule has 19 heavy (non-hydrogen) atoms. The first-order valence-electron chi connectivity index (χ1n) is 6.55. The number of nitrogens with one attached hydrogen (secondary N) is 1. The molecule has 1 heterocycles. The van der Waals surface area contributed by atoms with E-state index >= 15 is 0 Å². The minimum atomic E-state index is -0.895. The topological polar surface area (TPSA) is 61.8 Å². The zero-order valence-corrected chi connectivity index (χ0v) is 11.1. The molecule has 1 aromatic rings. The molecule has 104 valence electrons. The molecule has 0 saturated carbocycles. The molecule has 5 nitrogen and oxygen atoms in total. The van der Waals surface area contributed by atoms with E-state index in [4.69, 9.17) is 9.84 Å². The Labute approximate surface area is 113 Å². The molecule has 0 spiro atoms. The molecular formula is C14H20N2O3. The van der Waals surface area contributed by atoms with Crippen LogP contribution in [0, 0.1) is 0 Å². The molecule has 0 bridgehead atoms. The van der Waals surface area contributed by atoms with Gasteiger partial charge in [0, 0.05) is 31.4 Å². The standard InChI is InChI=1S/C14H20N2O3/c1-11(10-16-6-8-19-9-7-16)15-13-4-2-12(3-5-13)14(17)18/h2-5,11,15H,6-10H2,1H3,(H,17,18). The SMILES string of the molecule is CC(CN1CCOCC1)Nc1ccc(C(=O)O)cc1. The fraction of sp³-hybridized carbons (Fsp3) is 0.500. The lowest BCUT2D eigenvalue weighted by molar-refractivity contribution is 0.0368. The minimum absolute atomic E-state index is 0.311. The summed E-state index contributed by atoms with van der Waals surface area (Å²) in [5.41, 5.74) is 1.26. The van der Waals surface area contributed by atoms with Gasteiger partial charge in [0.15, 0.2) is 0 Å². The Morgan fingerprint density at radius 1 is 1.37 bits per heavy atom. The predicted molar refractivity (Wildman–Crippen MR) is 73.7 cm³/mol. The van der Waals surface area contributed by atoms with Gasteiger partial charge in [-0.15, -0.1) is 0 Å². The third-order valence-corrected chi connectivity index (χ3v) is 3.18. The van der Waals surface area contributed by atoms with Gasteiger partial charge in [-0.3, -0.25) is 4.90 Å². The molecule has 2 rings (SSSR count). The molecule has 0 amide bonds. The van der Waals surface area contributed by atoms with Gasteiger partial charge >= 0.3 is 5.97 Å². The number of ether oxygens (including phenoxy) is 1. The highest BCUT2D eigenvalue weighted by Crippen LogP contribution is 2.11. The van der Waals surface area contributed by atoms with Crippen molar-refractivity contribution in [2.24, 2.45) is 0 Å². The first-order valence-corrected chi connectivity index (χ1v) is 6.55. The molecule has 1 saturated heterocycles. The van der Waals surface area contributed by atoms with Gasteiger partial charge in [0.05, 0.1) is 18.8 Å². The van der Waals surface area contributed by atoms with Crippen LogP contribution in [0.25, 0.3) is 0 Å². The summed E-state index contributed by atoms with van der Waals surface area (Å²) in [4.78, 5) is 13.1. The third-order valence-electron chi connectivity index (χ3n) is 3.18. The average molecular weight is 264 g/mol. The van der Waals surface area contributed by atoms with Crippen molar-refractivity contribution in [1.29, 1.82) is 0 Å². The van der Waals surface area contributed by atoms with E-state index in [9.17, 15) is 4.79 Å². The third kappa shape index (κ3) is 4.22. The highest BCUT2D eigenvalue weighted by Gasteiger charge is 2.13. The maximum absolute atomic E-state index is 10.8. The van der Waals surface area contributed by atoms with Gasteiger partial charge in [-0.2, -0.15) is 0 Å². The number of anilines is 1. The van der Waals surface area contributed by atoms with E-state index in [1.54, 1.807) is 24.3 Å². The van der Waals surface area contributed by atoms with Gasteiger partial charge < -0.3 is 15.2 Å². The highest BCUT2D eigenvalue weighted by molar-refractivity contribution is 5.87. The zero-order chi connectivity index (χ0) is 13.7. The van der Waals surface area contributed by atoms with E-state index in [0.717, 1.165) is 38.5 Å². The highest BCUT2D eigenvalue weighted by atomic mass is 16.5. The maximum Gasteiger partial charge on any atom is 0.335 e. The molecule has 2 N–H and O–H groups in total. The van der Waals surface area contributed by atoms with Gasteiger partial charge in [0.25, 0.3) is 0 Å². The summed E-state index contributed by atoms with van der Waals surface area (Å²) in [6.45, 7) is 6.65. The van der Waals surface area contributed by atoms with Crippen LogP contribution in [0.5, 0.6) is 0 Å². The number of carboxylic acid groups (broad SMARTS) is 1. The van der Waals surface area contributed by atoms with Crippen LogP contribution >= 0.6 is 0 Å². The molecule has 0 radical (unpaired) electrons. The van der Waals surface area contributed by atoms with E-state index in [1.807, 2.05) is 0 Å². The number of carboxylic acids is 1. The number of morpholine rings is 1. The number of benzene rings is 1. The van der Waals surface area contributed by atoms with Crippen molar-refractivity contribution in [3.63, 3.8) is 0 Å². The van der Waals surface area contributed by atoms with Crippen molar-refractivity contribution in [2.75, 3.05) is 38.2 Å². The fourth-order valence-corrected chi connectivity index (χ4v) is 2.21. The minimum Gasteiger partial charge on any atom is -0.478 e. The van der Waals surface area contributed by atoms with Gasteiger partial charge in [0.2, 0.25) is 0 Å². The summed E-state index contributed by atoms with van der Waals surface area (Å²) in [5, 5.41) is 12.2. The van der Waals surface area contributed by atoms with Gasteiger partial charge in [0.1, 0.15) is 0 Å². The molecule has 1 fully saturated rings. The zero-order valence-electron chi connectivity index (χ0n) is 11.1. The van der Waals surface area contributed by atoms with Crippen molar-refractivity contribution in [2.45, 2.75) is 13.0 Å². The molecule has 0 aliphatic carbocycles. The van der Waals surface area contributed by atoms with Crippen LogP contribution < -0.4 is 5.32 Å². The fourth-order valence-electron chi connectivity index (χ4n) is 2.21. The Bertz CT molecular complexity index is 413. The van der Waals surface area contributed by atoms with Gasteiger partial charge in [-0.1, -0.05) is 0 Å². The Morgan fingerprint density at radius 2 is 2.00 bits per heavy atom. The number of hydrogen-bond donors (Lipinski definition) is 2. The van der Waals surface area contributed by atoms with Crippen molar-refractivity contribution >= 4 is 11.7 Å². The summed E-state index contributed by atoms with van der Waals surface area (Å²) >= 11 is 0. The van der Waals surface area contributed by atoms with E-state index in [1.165, 1.54) is 0 Å². The largest absolute Gasteiger partial charge is 0.478 e. The van der Waals surface area contributed by atoms with Gasteiger partial charge in [-0.25, -0.2) is 4.79 Å². The van der Waals surface area contributed by atoms with Crippen molar-refractivity contribution in [1.82, 2.24) is 4.90 Å². The van der Waals surface area contributed by atoms with E-state index in [0.29, 0.717) is 11.6 Å². The van der Waals surface area contributed by atoms with E-state index in [-0.39, 0.29) is 0 Å². The summed E-state index contributed by atoms with van der Waals surface area (Å²) in [5.74, 6) is -0.895. The normalized spacial score (nSPS) is 17.9. The Balaban J connectivity index is 1.83. The molecular weight excluding hydrogens is 244 g/mol. The smallest absolute Gasteiger partial charge is 0.335 e. The monoisotopic (exact) mass is 264 g/mol. The van der Waals surface area contributed by atoms with Crippen LogP contribution in [0.3, 0.4) is 0 Å². The van der Waals surface area contributed by atoms with Gasteiger partial charge in [-0.05, 0) is 31.2 Å². The molecule has 1 atom stereocenters. The van der Waals surface area contributed by atoms with Crippen LogP contribution in [0.15, 0.2) is 24.3 Å². The van der Waals surface area contributed by atoms with Crippen LogP contribution in [0.2, 0.25) is 0 Å². The van der Waals surface area contributed by atoms with E-state index < -0.39 is 5.97 Å². The van der Waals surface area contributed by atoms with Crippen LogP contribution in [-0.2, 0) is 4.74 Å². The molecule has 1 aliphatic rings. The molecule has 1 unspecified atom stereocenters. The van der Waals surface area contributed by atoms with Crippen molar-refractivity contribution in [3.05, 3.63) is 29.8 Å². The lowest BCUT2D eigenvalue weighted by atomic mass is 10.2. The Hall–Kier alpha value is -1.59. The van der Waals surface area contributed by atoms with Crippen molar-refractivity contribution in [3.8, 4) is 0 Å². The molecule has 1 aromatic carbocycles. The second-order valence-electron chi connectivity index (χ2n) is 4.84. The first-order chi connectivity index (χ1) is 9.15. The van der Waals surface area contributed by atoms with Crippen LogP contribution in [-0.4, -0.2) is 54.9 Å². The number of hydrogen-bond acceptors (Lipinski definition) is 4. The average Bonchev–Trinajstić information content (AvgIpc) is 2.40. The lowest BCUT2D eigenvalue weighted by Crippen LogP contribution is -2.42. The number of aromatic carboxylic acids is 1. The summed E-state index contributed by atoms with van der Waals surface area (Å²) < 4.78 is 5.32. The molecule has 0 aromatic heterocycles. The van der Waals surface area contributed by atoms with Crippen molar-refractivity contribution < 1.29 is 14.6 Å². The maximum atomic E-state index is 10.8.